The van der Waals surface area contributed by atoms with Crippen LogP contribution in [-0.4, -0.2) is 26.1 Å². The van der Waals surface area contributed by atoms with E-state index in [1.807, 2.05) is 19.1 Å². The molecule has 3 aromatic carbocycles. The summed E-state index contributed by atoms with van der Waals surface area (Å²) in [5, 5.41) is 10.1. The average Bonchev–Trinajstić information content (AvgIpc) is 2.63. The number of carboxylic acids is 1. The Morgan fingerprint density at radius 1 is 1.00 bits per heavy atom. The molecule has 0 radical (unpaired) electrons. The van der Waals surface area contributed by atoms with Gasteiger partial charge in [0.05, 0.1) is 17.9 Å². The number of benzene rings is 3. The molecular weight excluding hydrogens is 366 g/mol. The molecule has 0 fully saturated rings. The highest BCUT2D eigenvalue weighted by Gasteiger charge is 2.19. The van der Waals surface area contributed by atoms with Crippen LogP contribution in [0.1, 0.15) is 12.5 Å². The summed E-state index contributed by atoms with van der Waals surface area (Å²) in [6.07, 6.45) is -0.115. The van der Waals surface area contributed by atoms with E-state index in [-0.39, 0.29) is 11.3 Å². The molecule has 0 aliphatic heterocycles. The van der Waals surface area contributed by atoms with Crippen molar-refractivity contribution >= 4 is 32.5 Å². The molecule has 0 saturated heterocycles. The lowest BCUT2D eigenvalue weighted by Crippen LogP contribution is -2.13. The highest BCUT2D eigenvalue weighted by molar-refractivity contribution is 7.93. The Labute approximate surface area is 157 Å². The van der Waals surface area contributed by atoms with Crippen LogP contribution < -0.4 is 9.46 Å². The lowest BCUT2D eigenvalue weighted by molar-refractivity contribution is -0.136. The molecule has 0 aliphatic carbocycles. The van der Waals surface area contributed by atoms with Crippen molar-refractivity contribution in [1.29, 1.82) is 0 Å². The van der Waals surface area contributed by atoms with Gasteiger partial charge in [0.25, 0.3) is 10.0 Å². The zero-order valence-electron chi connectivity index (χ0n) is 14.7. The summed E-state index contributed by atoms with van der Waals surface area (Å²) >= 11 is 0. The van der Waals surface area contributed by atoms with E-state index in [1.54, 1.807) is 42.5 Å². The van der Waals surface area contributed by atoms with Crippen LogP contribution in [0.25, 0.3) is 10.8 Å². The van der Waals surface area contributed by atoms with Crippen LogP contribution >= 0.6 is 0 Å². The fourth-order valence-corrected chi connectivity index (χ4v) is 4.11. The molecule has 140 valence electrons. The SMILES string of the molecule is CCOc1ccc(S(=O)(=O)Nc2ccc(CC(=O)O)cc2)c2ccccc12. The fraction of sp³-hybridized carbons (Fsp3) is 0.150. The third kappa shape index (κ3) is 4.20. The van der Waals surface area contributed by atoms with Gasteiger partial charge in [0.15, 0.2) is 0 Å². The van der Waals surface area contributed by atoms with Crippen LogP contribution in [0.3, 0.4) is 0 Å². The van der Waals surface area contributed by atoms with Crippen molar-refractivity contribution in [3.05, 3.63) is 66.2 Å². The molecule has 0 heterocycles. The second kappa shape index (κ2) is 7.67. The Morgan fingerprint density at radius 2 is 1.67 bits per heavy atom. The lowest BCUT2D eigenvalue weighted by Gasteiger charge is -2.13. The molecule has 0 amide bonds. The van der Waals surface area contributed by atoms with Crippen LogP contribution in [0.4, 0.5) is 5.69 Å². The summed E-state index contributed by atoms with van der Waals surface area (Å²) < 4.78 is 33.9. The number of carboxylic acid groups (broad SMARTS) is 1. The monoisotopic (exact) mass is 385 g/mol. The van der Waals surface area contributed by atoms with Crippen molar-refractivity contribution in [3.8, 4) is 5.75 Å². The van der Waals surface area contributed by atoms with Crippen molar-refractivity contribution in [2.45, 2.75) is 18.2 Å². The third-order valence-electron chi connectivity index (χ3n) is 3.99. The summed E-state index contributed by atoms with van der Waals surface area (Å²) in [7, 11) is -3.83. The molecule has 3 rings (SSSR count). The maximum absolute atomic E-state index is 12.9. The van der Waals surface area contributed by atoms with E-state index in [2.05, 4.69) is 4.72 Å². The average molecular weight is 385 g/mol. The first-order chi connectivity index (χ1) is 12.9. The predicted octanol–water partition coefficient (Wildman–Crippen LogP) is 3.67. The number of fused-ring (bicyclic) bond motifs is 1. The fourth-order valence-electron chi connectivity index (χ4n) is 2.83. The molecule has 0 aliphatic rings. The van der Waals surface area contributed by atoms with Gasteiger partial charge in [-0.2, -0.15) is 0 Å². The number of carbonyl (C=O) groups is 1. The third-order valence-corrected chi connectivity index (χ3v) is 5.43. The van der Waals surface area contributed by atoms with Gasteiger partial charge < -0.3 is 9.84 Å². The number of hydrogen-bond acceptors (Lipinski definition) is 4. The molecule has 0 unspecified atom stereocenters. The van der Waals surface area contributed by atoms with Gasteiger partial charge >= 0.3 is 5.97 Å². The highest BCUT2D eigenvalue weighted by atomic mass is 32.2. The van der Waals surface area contributed by atoms with Gasteiger partial charge in [-0.25, -0.2) is 8.42 Å². The Morgan fingerprint density at radius 3 is 2.30 bits per heavy atom. The minimum atomic E-state index is -3.83. The predicted molar refractivity (Wildman–Crippen MR) is 104 cm³/mol. The van der Waals surface area contributed by atoms with E-state index in [1.165, 1.54) is 6.07 Å². The first kappa shape index (κ1) is 18.7. The largest absolute Gasteiger partial charge is 0.493 e. The molecule has 0 spiro atoms. The summed E-state index contributed by atoms with van der Waals surface area (Å²) in [6, 6.07) is 16.6. The zero-order chi connectivity index (χ0) is 19.4. The van der Waals surface area contributed by atoms with Crippen molar-refractivity contribution < 1.29 is 23.1 Å². The van der Waals surface area contributed by atoms with Crippen LogP contribution in [0, 0.1) is 0 Å². The second-order valence-corrected chi connectivity index (χ2v) is 7.56. The van der Waals surface area contributed by atoms with Crippen LogP contribution in [0.5, 0.6) is 5.75 Å². The quantitative estimate of drug-likeness (QED) is 0.647. The Bertz CT molecular complexity index is 1080. The van der Waals surface area contributed by atoms with Gasteiger partial charge in [-0.1, -0.05) is 36.4 Å². The van der Waals surface area contributed by atoms with E-state index in [9.17, 15) is 13.2 Å². The Kier molecular flexibility index (Phi) is 5.32. The van der Waals surface area contributed by atoms with E-state index in [4.69, 9.17) is 9.84 Å². The number of anilines is 1. The first-order valence-corrected chi connectivity index (χ1v) is 9.87. The van der Waals surface area contributed by atoms with Crippen LogP contribution in [-0.2, 0) is 21.2 Å². The van der Waals surface area contributed by atoms with Crippen molar-refractivity contribution in [2.24, 2.45) is 0 Å². The lowest BCUT2D eigenvalue weighted by atomic mass is 10.1. The number of hydrogen-bond donors (Lipinski definition) is 2. The maximum Gasteiger partial charge on any atom is 0.307 e. The van der Waals surface area contributed by atoms with Crippen LogP contribution in [0.2, 0.25) is 0 Å². The molecule has 0 saturated carbocycles. The van der Waals surface area contributed by atoms with Gasteiger partial charge in [-0.15, -0.1) is 0 Å². The molecule has 3 aromatic rings. The number of ether oxygens (including phenoxy) is 1. The van der Waals surface area contributed by atoms with Gasteiger partial charge in [0.1, 0.15) is 5.75 Å². The molecule has 7 heteroatoms. The maximum atomic E-state index is 12.9. The minimum absolute atomic E-state index is 0.115. The summed E-state index contributed by atoms with van der Waals surface area (Å²) in [5.41, 5.74) is 0.957. The topological polar surface area (TPSA) is 92.7 Å². The molecule has 27 heavy (non-hydrogen) atoms. The van der Waals surface area contributed by atoms with E-state index in [0.29, 0.717) is 29.0 Å². The number of rotatable bonds is 7. The molecular formula is C20H19NO5S. The standard InChI is InChI=1S/C20H19NO5S/c1-2-26-18-11-12-19(17-6-4-3-5-16(17)18)27(24,25)21-15-9-7-14(8-10-15)13-20(22)23/h3-12,21H,2,13H2,1H3,(H,22,23). The normalized spacial score (nSPS) is 11.3. The molecule has 0 bridgehead atoms. The number of sulfonamides is 1. The van der Waals surface area contributed by atoms with Gasteiger partial charge in [0, 0.05) is 16.5 Å². The van der Waals surface area contributed by atoms with Crippen molar-refractivity contribution in [3.63, 3.8) is 0 Å². The minimum Gasteiger partial charge on any atom is -0.493 e. The van der Waals surface area contributed by atoms with Crippen LogP contribution in [0.15, 0.2) is 65.6 Å². The molecule has 0 atom stereocenters. The summed E-state index contributed by atoms with van der Waals surface area (Å²) in [5.74, 6) is -0.311. The van der Waals surface area contributed by atoms with E-state index in [0.717, 1.165) is 5.39 Å². The van der Waals surface area contributed by atoms with Gasteiger partial charge in [-0.3, -0.25) is 9.52 Å². The van der Waals surface area contributed by atoms with Gasteiger partial charge in [-0.05, 0) is 36.8 Å². The second-order valence-electron chi connectivity index (χ2n) is 5.91. The van der Waals surface area contributed by atoms with E-state index < -0.39 is 16.0 Å². The molecule has 2 N–H and O–H groups in total. The van der Waals surface area contributed by atoms with Gasteiger partial charge in [0.2, 0.25) is 0 Å². The Hall–Kier alpha value is -3.06. The highest BCUT2D eigenvalue weighted by Crippen LogP contribution is 2.32. The number of aliphatic carboxylic acids is 1. The molecule has 6 nitrogen and oxygen atoms in total. The number of nitrogens with one attached hydrogen (secondary N) is 1. The Balaban J connectivity index is 1.95. The first-order valence-electron chi connectivity index (χ1n) is 8.39. The summed E-state index contributed by atoms with van der Waals surface area (Å²) in [6.45, 7) is 2.35. The van der Waals surface area contributed by atoms with Crippen molar-refractivity contribution in [2.75, 3.05) is 11.3 Å². The summed E-state index contributed by atoms with van der Waals surface area (Å²) in [4.78, 5) is 10.9. The smallest absolute Gasteiger partial charge is 0.307 e. The van der Waals surface area contributed by atoms with Crippen molar-refractivity contribution in [1.82, 2.24) is 0 Å². The van der Waals surface area contributed by atoms with E-state index >= 15 is 0 Å². The molecule has 0 aromatic heterocycles. The zero-order valence-corrected chi connectivity index (χ0v) is 15.5.